The van der Waals surface area contributed by atoms with Crippen molar-refractivity contribution in [1.82, 2.24) is 0 Å². The van der Waals surface area contributed by atoms with Crippen LogP contribution in [-0.2, 0) is 9.53 Å². The van der Waals surface area contributed by atoms with Crippen LogP contribution in [0.5, 0.6) is 5.75 Å². The van der Waals surface area contributed by atoms with Crippen molar-refractivity contribution in [2.45, 2.75) is 26.3 Å². The number of halogens is 1. The SMILES string of the molecule is C[NH+](CCOC(=O)COc1ccc(Br)cc1)C(C)(C)C. The third-order valence-corrected chi connectivity index (χ3v) is 3.72. The van der Waals surface area contributed by atoms with Crippen LogP contribution in [0.25, 0.3) is 0 Å². The van der Waals surface area contributed by atoms with Crippen molar-refractivity contribution < 1.29 is 19.2 Å². The van der Waals surface area contributed by atoms with Crippen LogP contribution in [0.3, 0.4) is 0 Å². The molecule has 0 fully saturated rings. The molecule has 1 N–H and O–H groups in total. The third-order valence-electron chi connectivity index (χ3n) is 3.19. The number of esters is 1. The molecule has 0 aromatic heterocycles. The molecule has 0 heterocycles. The molecule has 0 spiro atoms. The molecule has 1 aromatic carbocycles. The summed E-state index contributed by atoms with van der Waals surface area (Å²) in [5.41, 5.74) is 0.153. The Balaban J connectivity index is 2.22. The van der Waals surface area contributed by atoms with E-state index in [0.717, 1.165) is 11.0 Å². The van der Waals surface area contributed by atoms with Gasteiger partial charge in [0.2, 0.25) is 0 Å². The number of carbonyl (C=O) groups is 1. The zero-order valence-corrected chi connectivity index (χ0v) is 14.1. The quantitative estimate of drug-likeness (QED) is 0.798. The van der Waals surface area contributed by atoms with Crippen LogP contribution >= 0.6 is 15.9 Å². The van der Waals surface area contributed by atoms with Crippen molar-refractivity contribution in [3.05, 3.63) is 28.7 Å². The molecule has 1 atom stereocenters. The largest absolute Gasteiger partial charge is 0.482 e. The molecule has 0 aliphatic carbocycles. The van der Waals surface area contributed by atoms with Gasteiger partial charge in [-0.25, -0.2) is 4.79 Å². The van der Waals surface area contributed by atoms with Crippen LogP contribution in [0.1, 0.15) is 20.8 Å². The maximum absolute atomic E-state index is 11.5. The predicted octanol–water partition coefficient (Wildman–Crippen LogP) is 1.68. The number of hydrogen-bond acceptors (Lipinski definition) is 3. The first-order valence-electron chi connectivity index (χ1n) is 6.66. The summed E-state index contributed by atoms with van der Waals surface area (Å²) >= 11 is 3.34. The summed E-state index contributed by atoms with van der Waals surface area (Å²) in [4.78, 5) is 12.9. The van der Waals surface area contributed by atoms with Gasteiger partial charge in [0.15, 0.2) is 6.61 Å². The average Bonchev–Trinajstić information content (AvgIpc) is 2.37. The zero-order chi connectivity index (χ0) is 15.2. The van der Waals surface area contributed by atoms with Crippen LogP contribution in [0.15, 0.2) is 28.7 Å². The Morgan fingerprint density at radius 1 is 1.25 bits per heavy atom. The van der Waals surface area contributed by atoms with E-state index in [1.54, 1.807) is 12.1 Å². The van der Waals surface area contributed by atoms with E-state index >= 15 is 0 Å². The fourth-order valence-corrected chi connectivity index (χ4v) is 1.67. The standard InChI is InChI=1S/C15H22BrNO3/c1-15(2,3)17(4)9-10-19-14(18)11-20-13-7-5-12(16)6-8-13/h5-8H,9-11H2,1-4H3/p+1. The van der Waals surface area contributed by atoms with Crippen molar-refractivity contribution in [3.63, 3.8) is 0 Å². The van der Waals surface area contributed by atoms with Crippen molar-refractivity contribution in [3.8, 4) is 5.75 Å². The molecule has 0 amide bonds. The summed E-state index contributed by atoms with van der Waals surface area (Å²) < 4.78 is 11.5. The van der Waals surface area contributed by atoms with E-state index in [9.17, 15) is 4.79 Å². The molecular formula is C15H23BrNO3+. The summed E-state index contributed by atoms with van der Waals surface area (Å²) in [5, 5.41) is 0. The Morgan fingerprint density at radius 3 is 2.40 bits per heavy atom. The molecule has 112 valence electrons. The first-order chi connectivity index (χ1) is 9.29. The van der Waals surface area contributed by atoms with Crippen molar-refractivity contribution in [2.75, 3.05) is 26.8 Å². The average molecular weight is 345 g/mol. The lowest BCUT2D eigenvalue weighted by molar-refractivity contribution is -0.927. The number of nitrogens with one attached hydrogen (secondary N) is 1. The summed E-state index contributed by atoms with van der Waals surface area (Å²) in [6.07, 6.45) is 0. The summed E-state index contributed by atoms with van der Waals surface area (Å²) in [6, 6.07) is 7.33. The molecule has 0 radical (unpaired) electrons. The minimum Gasteiger partial charge on any atom is -0.482 e. The second kappa shape index (κ2) is 7.64. The molecule has 5 heteroatoms. The van der Waals surface area contributed by atoms with E-state index in [4.69, 9.17) is 9.47 Å². The number of ether oxygens (including phenoxy) is 2. The Kier molecular flexibility index (Phi) is 6.49. The van der Waals surface area contributed by atoms with Gasteiger partial charge in [-0.2, -0.15) is 0 Å². The minimum absolute atomic E-state index is 0.0593. The maximum Gasteiger partial charge on any atom is 0.344 e. The molecule has 0 saturated heterocycles. The van der Waals surface area contributed by atoms with Crippen molar-refractivity contribution in [2.24, 2.45) is 0 Å². The highest BCUT2D eigenvalue weighted by Crippen LogP contribution is 2.15. The molecule has 1 rings (SSSR count). The van der Waals surface area contributed by atoms with Gasteiger partial charge in [-0.05, 0) is 45.0 Å². The highest BCUT2D eigenvalue weighted by atomic mass is 79.9. The van der Waals surface area contributed by atoms with Crippen LogP contribution in [-0.4, -0.2) is 38.3 Å². The molecule has 1 unspecified atom stereocenters. The highest BCUT2D eigenvalue weighted by molar-refractivity contribution is 9.10. The van der Waals surface area contributed by atoms with E-state index in [2.05, 4.69) is 43.7 Å². The molecular weight excluding hydrogens is 322 g/mol. The predicted molar refractivity (Wildman–Crippen MR) is 82.1 cm³/mol. The highest BCUT2D eigenvalue weighted by Gasteiger charge is 2.20. The first kappa shape index (κ1) is 17.0. The second-order valence-corrected chi connectivity index (χ2v) is 6.66. The Morgan fingerprint density at radius 2 is 1.85 bits per heavy atom. The van der Waals surface area contributed by atoms with Gasteiger partial charge in [-0.15, -0.1) is 0 Å². The van der Waals surface area contributed by atoms with Gasteiger partial charge in [0.1, 0.15) is 18.9 Å². The second-order valence-electron chi connectivity index (χ2n) is 5.74. The molecule has 0 aliphatic rings. The molecule has 0 saturated carbocycles. The summed E-state index contributed by atoms with van der Waals surface area (Å²) in [5.74, 6) is 0.317. The van der Waals surface area contributed by atoms with E-state index < -0.39 is 0 Å². The fourth-order valence-electron chi connectivity index (χ4n) is 1.41. The zero-order valence-electron chi connectivity index (χ0n) is 12.5. The van der Waals surface area contributed by atoms with Crippen LogP contribution in [0.2, 0.25) is 0 Å². The number of hydrogen-bond donors (Lipinski definition) is 1. The van der Waals surface area contributed by atoms with Crippen LogP contribution < -0.4 is 9.64 Å². The van der Waals surface area contributed by atoms with E-state index in [-0.39, 0.29) is 18.1 Å². The van der Waals surface area contributed by atoms with Crippen LogP contribution in [0, 0.1) is 0 Å². The lowest BCUT2D eigenvalue weighted by atomic mass is 10.1. The van der Waals surface area contributed by atoms with Crippen molar-refractivity contribution >= 4 is 21.9 Å². The minimum atomic E-state index is -0.338. The Bertz CT molecular complexity index is 426. The molecule has 0 aliphatic heterocycles. The van der Waals surface area contributed by atoms with Crippen LogP contribution in [0.4, 0.5) is 0 Å². The summed E-state index contributed by atoms with van der Waals surface area (Å²) in [7, 11) is 2.09. The molecule has 0 bridgehead atoms. The Labute approximate surface area is 129 Å². The van der Waals surface area contributed by atoms with Gasteiger partial charge in [0.25, 0.3) is 0 Å². The van der Waals surface area contributed by atoms with Gasteiger partial charge in [0, 0.05) is 4.47 Å². The van der Waals surface area contributed by atoms with Gasteiger partial charge >= 0.3 is 5.97 Å². The first-order valence-corrected chi connectivity index (χ1v) is 7.45. The number of rotatable bonds is 6. The lowest BCUT2D eigenvalue weighted by Gasteiger charge is -2.28. The smallest absolute Gasteiger partial charge is 0.344 e. The van der Waals surface area contributed by atoms with Gasteiger partial charge in [-0.3, -0.25) is 0 Å². The van der Waals surface area contributed by atoms with Crippen molar-refractivity contribution in [1.29, 1.82) is 0 Å². The van der Waals surface area contributed by atoms with Gasteiger partial charge in [-0.1, -0.05) is 15.9 Å². The van der Waals surface area contributed by atoms with E-state index in [1.807, 2.05) is 12.1 Å². The molecule has 1 aromatic rings. The Hall–Kier alpha value is -1.07. The topological polar surface area (TPSA) is 40.0 Å². The molecule has 4 nitrogen and oxygen atoms in total. The fraction of sp³-hybridized carbons (Fsp3) is 0.533. The number of quaternary nitrogens is 1. The number of likely N-dealkylation sites (N-methyl/N-ethyl adjacent to an activating group) is 1. The monoisotopic (exact) mass is 344 g/mol. The van der Waals surface area contributed by atoms with E-state index in [0.29, 0.717) is 12.4 Å². The lowest BCUT2D eigenvalue weighted by Crippen LogP contribution is -3.16. The third kappa shape index (κ3) is 6.39. The summed E-state index contributed by atoms with van der Waals surface area (Å²) in [6.45, 7) is 7.59. The van der Waals surface area contributed by atoms with Gasteiger partial charge in [0.05, 0.1) is 12.6 Å². The number of benzene rings is 1. The normalized spacial score (nSPS) is 12.8. The van der Waals surface area contributed by atoms with Gasteiger partial charge < -0.3 is 14.4 Å². The maximum atomic E-state index is 11.5. The number of carbonyl (C=O) groups excluding carboxylic acids is 1. The van der Waals surface area contributed by atoms with E-state index in [1.165, 1.54) is 4.90 Å². The molecule has 20 heavy (non-hydrogen) atoms.